The first kappa shape index (κ1) is 16.6. The number of nitrogens with one attached hydrogen (secondary N) is 1. The van der Waals surface area contributed by atoms with Crippen LogP contribution < -0.4 is 5.32 Å². The standard InChI is InChI=1S/C14H16ClNO3S/c1-2-4-12(14(18)19)16-13(17)9-20-8-10-5-3-6-11(15)7-10/h2-3,5-7,12H,1,4,8-9H2,(H,16,17)(H,18,19). The summed E-state index contributed by atoms with van der Waals surface area (Å²) >= 11 is 7.27. The van der Waals surface area contributed by atoms with Crippen molar-refractivity contribution < 1.29 is 14.7 Å². The quantitative estimate of drug-likeness (QED) is 0.724. The molecule has 1 atom stereocenters. The number of hydrogen-bond acceptors (Lipinski definition) is 3. The summed E-state index contributed by atoms with van der Waals surface area (Å²) in [6.07, 6.45) is 1.68. The van der Waals surface area contributed by atoms with E-state index in [9.17, 15) is 9.59 Å². The first-order valence-corrected chi connectivity index (χ1v) is 7.51. The van der Waals surface area contributed by atoms with Crippen molar-refractivity contribution in [2.45, 2.75) is 18.2 Å². The fourth-order valence-corrected chi connectivity index (χ4v) is 2.51. The fraction of sp³-hybridized carbons (Fsp3) is 0.286. The highest BCUT2D eigenvalue weighted by Crippen LogP contribution is 2.16. The fourth-order valence-electron chi connectivity index (χ4n) is 1.51. The molecule has 6 heteroatoms. The summed E-state index contributed by atoms with van der Waals surface area (Å²) < 4.78 is 0. The van der Waals surface area contributed by atoms with Gasteiger partial charge in [-0.25, -0.2) is 4.79 Å². The van der Waals surface area contributed by atoms with Crippen molar-refractivity contribution in [3.63, 3.8) is 0 Å². The van der Waals surface area contributed by atoms with Crippen molar-refractivity contribution in [2.75, 3.05) is 5.75 Å². The Kier molecular flexibility index (Phi) is 7.18. The van der Waals surface area contributed by atoms with Gasteiger partial charge < -0.3 is 10.4 Å². The third kappa shape index (κ3) is 6.12. The van der Waals surface area contributed by atoms with Crippen molar-refractivity contribution >= 4 is 35.2 Å². The van der Waals surface area contributed by atoms with Crippen molar-refractivity contribution in [1.82, 2.24) is 5.32 Å². The molecule has 0 radical (unpaired) electrons. The number of carbonyl (C=O) groups excluding carboxylic acids is 1. The van der Waals surface area contributed by atoms with E-state index in [0.29, 0.717) is 10.8 Å². The number of carboxylic acid groups (broad SMARTS) is 1. The average molecular weight is 314 g/mol. The number of rotatable bonds is 8. The molecule has 1 aromatic rings. The molecule has 0 aliphatic rings. The van der Waals surface area contributed by atoms with Gasteiger partial charge in [-0.1, -0.05) is 29.8 Å². The molecule has 0 fully saturated rings. The minimum absolute atomic E-state index is 0.202. The molecule has 0 bridgehead atoms. The van der Waals surface area contributed by atoms with E-state index in [1.807, 2.05) is 18.2 Å². The second kappa shape index (κ2) is 8.66. The van der Waals surface area contributed by atoms with Gasteiger partial charge in [0.1, 0.15) is 6.04 Å². The second-order valence-electron chi connectivity index (χ2n) is 4.11. The maximum absolute atomic E-state index is 11.6. The Morgan fingerprint density at radius 3 is 2.85 bits per heavy atom. The van der Waals surface area contributed by atoms with Crippen LogP contribution in [0.25, 0.3) is 0 Å². The van der Waals surface area contributed by atoms with E-state index in [0.717, 1.165) is 5.56 Å². The number of aliphatic carboxylic acids is 1. The van der Waals surface area contributed by atoms with E-state index in [4.69, 9.17) is 16.7 Å². The van der Waals surface area contributed by atoms with Crippen LogP contribution >= 0.6 is 23.4 Å². The molecular weight excluding hydrogens is 298 g/mol. The first-order chi connectivity index (χ1) is 9.52. The number of amides is 1. The SMILES string of the molecule is C=CCC(NC(=O)CSCc1cccc(Cl)c1)C(=O)O. The molecule has 0 saturated heterocycles. The van der Waals surface area contributed by atoms with E-state index < -0.39 is 12.0 Å². The second-order valence-corrected chi connectivity index (χ2v) is 5.53. The Bertz CT molecular complexity index is 493. The highest BCUT2D eigenvalue weighted by Gasteiger charge is 2.17. The Morgan fingerprint density at radius 1 is 1.50 bits per heavy atom. The zero-order valence-electron chi connectivity index (χ0n) is 10.8. The molecule has 4 nitrogen and oxygen atoms in total. The highest BCUT2D eigenvalue weighted by atomic mass is 35.5. The molecule has 0 aliphatic carbocycles. The number of halogens is 1. The summed E-state index contributed by atoms with van der Waals surface area (Å²) in [5, 5.41) is 12.0. The van der Waals surface area contributed by atoms with Crippen molar-refractivity contribution in [2.24, 2.45) is 0 Å². The number of thioether (sulfide) groups is 1. The van der Waals surface area contributed by atoms with E-state index in [1.165, 1.54) is 17.8 Å². The van der Waals surface area contributed by atoms with Crippen LogP contribution in [-0.4, -0.2) is 28.8 Å². The lowest BCUT2D eigenvalue weighted by Crippen LogP contribution is -2.41. The molecule has 20 heavy (non-hydrogen) atoms. The Morgan fingerprint density at radius 2 is 2.25 bits per heavy atom. The predicted molar refractivity (Wildman–Crippen MR) is 82.0 cm³/mol. The number of hydrogen-bond donors (Lipinski definition) is 2. The van der Waals surface area contributed by atoms with E-state index >= 15 is 0 Å². The van der Waals surface area contributed by atoms with E-state index in [-0.39, 0.29) is 18.1 Å². The largest absolute Gasteiger partial charge is 0.480 e. The molecule has 0 aliphatic heterocycles. The summed E-state index contributed by atoms with van der Waals surface area (Å²) in [5.74, 6) is -0.509. The number of benzene rings is 1. The molecule has 1 amide bonds. The summed E-state index contributed by atoms with van der Waals surface area (Å²) in [7, 11) is 0. The Balaban J connectivity index is 2.36. The van der Waals surface area contributed by atoms with Crippen LogP contribution in [0.3, 0.4) is 0 Å². The van der Waals surface area contributed by atoms with Gasteiger partial charge in [0.05, 0.1) is 5.75 Å². The van der Waals surface area contributed by atoms with Gasteiger partial charge in [-0.2, -0.15) is 0 Å². The van der Waals surface area contributed by atoms with Gasteiger partial charge in [0.25, 0.3) is 0 Å². The molecule has 1 unspecified atom stereocenters. The van der Waals surface area contributed by atoms with Crippen molar-refractivity contribution in [3.05, 3.63) is 47.5 Å². The zero-order valence-corrected chi connectivity index (χ0v) is 12.4. The third-order valence-electron chi connectivity index (χ3n) is 2.43. The maximum Gasteiger partial charge on any atom is 0.326 e. The topological polar surface area (TPSA) is 66.4 Å². The van der Waals surface area contributed by atoms with Crippen LogP contribution in [0.5, 0.6) is 0 Å². The van der Waals surface area contributed by atoms with E-state index in [2.05, 4.69) is 11.9 Å². The molecule has 0 heterocycles. The van der Waals surface area contributed by atoms with Gasteiger partial charge in [-0.05, 0) is 24.1 Å². The minimum atomic E-state index is -1.06. The molecule has 0 aromatic heterocycles. The molecule has 1 aromatic carbocycles. The van der Waals surface area contributed by atoms with Crippen LogP contribution in [0.15, 0.2) is 36.9 Å². The summed E-state index contributed by atoms with van der Waals surface area (Å²) in [6.45, 7) is 3.47. The van der Waals surface area contributed by atoms with Crippen LogP contribution in [0.4, 0.5) is 0 Å². The van der Waals surface area contributed by atoms with Crippen LogP contribution in [-0.2, 0) is 15.3 Å². The molecule has 108 valence electrons. The third-order valence-corrected chi connectivity index (χ3v) is 3.67. The number of carboxylic acids is 1. The predicted octanol–water partition coefficient (Wildman–Crippen LogP) is 2.72. The summed E-state index contributed by atoms with van der Waals surface area (Å²) in [4.78, 5) is 22.5. The molecule has 1 rings (SSSR count). The number of carbonyl (C=O) groups is 2. The minimum Gasteiger partial charge on any atom is -0.480 e. The van der Waals surface area contributed by atoms with Crippen LogP contribution in [0.2, 0.25) is 5.02 Å². The molecular formula is C14H16ClNO3S. The van der Waals surface area contributed by atoms with E-state index in [1.54, 1.807) is 6.07 Å². The normalized spacial score (nSPS) is 11.7. The Labute approximate surface area is 127 Å². The smallest absolute Gasteiger partial charge is 0.326 e. The highest BCUT2D eigenvalue weighted by molar-refractivity contribution is 7.99. The Hall–Kier alpha value is -1.46. The van der Waals surface area contributed by atoms with Crippen molar-refractivity contribution in [3.8, 4) is 0 Å². The maximum atomic E-state index is 11.6. The van der Waals surface area contributed by atoms with Gasteiger partial charge in [-0.3, -0.25) is 4.79 Å². The first-order valence-electron chi connectivity index (χ1n) is 5.98. The molecule has 0 saturated carbocycles. The van der Waals surface area contributed by atoms with Gasteiger partial charge in [-0.15, -0.1) is 18.3 Å². The lowest BCUT2D eigenvalue weighted by molar-refractivity contribution is -0.141. The monoisotopic (exact) mass is 313 g/mol. The van der Waals surface area contributed by atoms with Gasteiger partial charge in [0.15, 0.2) is 0 Å². The van der Waals surface area contributed by atoms with Gasteiger partial charge >= 0.3 is 5.97 Å². The lowest BCUT2D eigenvalue weighted by atomic mass is 10.2. The van der Waals surface area contributed by atoms with Crippen LogP contribution in [0.1, 0.15) is 12.0 Å². The lowest BCUT2D eigenvalue weighted by Gasteiger charge is -2.12. The zero-order chi connectivity index (χ0) is 15.0. The van der Waals surface area contributed by atoms with Gasteiger partial charge in [0.2, 0.25) is 5.91 Å². The van der Waals surface area contributed by atoms with Crippen molar-refractivity contribution in [1.29, 1.82) is 0 Å². The average Bonchev–Trinajstić information content (AvgIpc) is 2.38. The molecule has 0 spiro atoms. The summed E-state index contributed by atoms with van der Waals surface area (Å²) in [6, 6.07) is 6.49. The summed E-state index contributed by atoms with van der Waals surface area (Å²) in [5.41, 5.74) is 1.02. The van der Waals surface area contributed by atoms with Gasteiger partial charge in [0, 0.05) is 10.8 Å². The molecule has 2 N–H and O–H groups in total. The van der Waals surface area contributed by atoms with Crippen LogP contribution in [0, 0.1) is 0 Å².